The molecule has 6 nitrogen and oxygen atoms in total. The highest BCUT2D eigenvalue weighted by molar-refractivity contribution is 6.30. The minimum atomic E-state index is -4.50. The molecule has 0 bridgehead atoms. The van der Waals surface area contributed by atoms with Gasteiger partial charge in [0.15, 0.2) is 5.60 Å². The fourth-order valence-electron chi connectivity index (χ4n) is 2.60. The zero-order chi connectivity index (χ0) is 23.9. The van der Waals surface area contributed by atoms with E-state index in [2.05, 4.69) is 10.6 Å². The lowest BCUT2D eigenvalue weighted by Crippen LogP contribution is -2.46. The zero-order valence-corrected chi connectivity index (χ0v) is 17.8. The molecular weight excluding hydrogens is 449 g/mol. The number of halogens is 4. The molecule has 2 aromatic carbocycles. The number of nitrogens with one attached hydrogen (secondary N) is 2. The lowest BCUT2D eigenvalue weighted by Gasteiger charge is -2.18. The largest absolute Gasteiger partial charge is 0.479 e. The third-order valence-corrected chi connectivity index (χ3v) is 4.71. The predicted molar refractivity (Wildman–Crippen MR) is 113 cm³/mol. The van der Waals surface area contributed by atoms with Crippen LogP contribution in [0.25, 0.3) is 0 Å². The molecule has 2 rings (SSSR count). The summed E-state index contributed by atoms with van der Waals surface area (Å²) in [4.78, 5) is 23.2. The standard InChI is InChI=1S/C22H22ClF3N2O4/c1-21(32,20(30)31)13-28-19(29)11-18(27-12-14-5-7-17(23)8-6-14)10-15-3-2-4-16(9-15)22(24,25)26/h2-9,11,27,32H,10,12-13H2,1H3,(H,28,29)(H,30,31)/b18-11-. The van der Waals surface area contributed by atoms with Gasteiger partial charge in [-0.25, -0.2) is 4.79 Å². The van der Waals surface area contributed by atoms with Crippen molar-refractivity contribution in [3.63, 3.8) is 0 Å². The van der Waals surface area contributed by atoms with Crippen LogP contribution in [0.2, 0.25) is 5.02 Å². The molecule has 1 atom stereocenters. The maximum absolute atomic E-state index is 13.0. The lowest BCUT2D eigenvalue weighted by atomic mass is 10.0. The van der Waals surface area contributed by atoms with Gasteiger partial charge in [-0.1, -0.05) is 41.9 Å². The fourth-order valence-corrected chi connectivity index (χ4v) is 2.73. The van der Waals surface area contributed by atoms with Crippen LogP contribution in [-0.4, -0.2) is 34.2 Å². The number of allylic oxidation sites excluding steroid dienone is 1. The van der Waals surface area contributed by atoms with E-state index in [1.807, 2.05) is 0 Å². The Labute approximate surface area is 187 Å². The third-order valence-electron chi connectivity index (χ3n) is 4.45. The maximum Gasteiger partial charge on any atom is 0.416 e. The Hall–Kier alpha value is -3.04. The van der Waals surface area contributed by atoms with Crippen molar-refractivity contribution in [2.24, 2.45) is 0 Å². The molecule has 32 heavy (non-hydrogen) atoms. The molecular formula is C22H22ClF3N2O4. The van der Waals surface area contributed by atoms with Crippen LogP contribution < -0.4 is 10.6 Å². The van der Waals surface area contributed by atoms with Gasteiger partial charge in [0.2, 0.25) is 5.91 Å². The normalized spacial score (nSPS) is 13.9. The van der Waals surface area contributed by atoms with E-state index >= 15 is 0 Å². The first kappa shape index (κ1) is 25.2. The van der Waals surface area contributed by atoms with E-state index in [4.69, 9.17) is 16.7 Å². The van der Waals surface area contributed by atoms with Crippen molar-refractivity contribution in [1.82, 2.24) is 10.6 Å². The molecule has 4 N–H and O–H groups in total. The number of carboxylic acids is 1. The first-order chi connectivity index (χ1) is 14.9. The molecule has 2 aromatic rings. The number of hydrogen-bond acceptors (Lipinski definition) is 4. The Morgan fingerprint density at radius 1 is 1.06 bits per heavy atom. The molecule has 0 heterocycles. The van der Waals surface area contributed by atoms with Crippen molar-refractivity contribution >= 4 is 23.5 Å². The maximum atomic E-state index is 13.0. The Kier molecular flexibility index (Phi) is 8.29. The highest BCUT2D eigenvalue weighted by Gasteiger charge is 2.31. The predicted octanol–water partition coefficient (Wildman–Crippen LogP) is 3.53. The molecule has 10 heteroatoms. The van der Waals surface area contributed by atoms with Crippen LogP contribution in [0, 0.1) is 0 Å². The fraction of sp³-hybridized carbons (Fsp3) is 0.273. The topological polar surface area (TPSA) is 98.7 Å². The van der Waals surface area contributed by atoms with Crippen LogP contribution in [0.5, 0.6) is 0 Å². The number of aliphatic carboxylic acids is 1. The monoisotopic (exact) mass is 470 g/mol. The molecule has 172 valence electrons. The van der Waals surface area contributed by atoms with Gasteiger partial charge in [-0.2, -0.15) is 13.2 Å². The van der Waals surface area contributed by atoms with Gasteiger partial charge in [0.05, 0.1) is 12.1 Å². The van der Waals surface area contributed by atoms with E-state index in [0.717, 1.165) is 30.7 Å². The molecule has 0 aromatic heterocycles. The Morgan fingerprint density at radius 2 is 1.72 bits per heavy atom. The third kappa shape index (κ3) is 7.90. The van der Waals surface area contributed by atoms with Gasteiger partial charge in [0.1, 0.15) is 0 Å². The molecule has 0 spiro atoms. The first-order valence-corrected chi connectivity index (χ1v) is 9.83. The summed E-state index contributed by atoms with van der Waals surface area (Å²) in [6, 6.07) is 11.6. The number of carbonyl (C=O) groups excluding carboxylic acids is 1. The Morgan fingerprint density at radius 3 is 2.31 bits per heavy atom. The van der Waals surface area contributed by atoms with E-state index in [9.17, 15) is 27.9 Å². The molecule has 0 radical (unpaired) electrons. The summed E-state index contributed by atoms with van der Waals surface area (Å²) in [7, 11) is 0. The molecule has 0 fully saturated rings. The molecule has 1 unspecified atom stereocenters. The van der Waals surface area contributed by atoms with Crippen molar-refractivity contribution in [2.45, 2.75) is 31.7 Å². The molecule has 0 saturated heterocycles. The highest BCUT2D eigenvalue weighted by atomic mass is 35.5. The van der Waals surface area contributed by atoms with Crippen LogP contribution in [0.4, 0.5) is 13.2 Å². The second kappa shape index (κ2) is 10.5. The van der Waals surface area contributed by atoms with Gasteiger partial charge < -0.3 is 20.8 Å². The summed E-state index contributed by atoms with van der Waals surface area (Å²) in [6.07, 6.45) is -3.40. The van der Waals surface area contributed by atoms with Crippen molar-refractivity contribution in [3.8, 4) is 0 Å². The summed E-state index contributed by atoms with van der Waals surface area (Å²) >= 11 is 5.86. The van der Waals surface area contributed by atoms with Gasteiger partial charge in [-0.15, -0.1) is 0 Å². The van der Waals surface area contributed by atoms with Crippen LogP contribution in [0.3, 0.4) is 0 Å². The van der Waals surface area contributed by atoms with Gasteiger partial charge in [0.25, 0.3) is 0 Å². The summed E-state index contributed by atoms with van der Waals surface area (Å²) in [5, 5.41) is 24.5. The van der Waals surface area contributed by atoms with E-state index in [1.54, 1.807) is 24.3 Å². The number of hydrogen-bond donors (Lipinski definition) is 4. The van der Waals surface area contributed by atoms with Gasteiger partial charge >= 0.3 is 12.1 Å². The van der Waals surface area contributed by atoms with Crippen LogP contribution in [0.15, 0.2) is 60.3 Å². The average molecular weight is 471 g/mol. The number of rotatable bonds is 9. The van der Waals surface area contributed by atoms with Gasteiger partial charge in [0, 0.05) is 29.8 Å². The molecule has 0 aliphatic rings. The second-order valence-electron chi connectivity index (χ2n) is 7.32. The van der Waals surface area contributed by atoms with Crippen LogP contribution in [0.1, 0.15) is 23.6 Å². The first-order valence-electron chi connectivity index (χ1n) is 9.45. The summed E-state index contributed by atoms with van der Waals surface area (Å²) < 4.78 is 39.1. The molecule has 0 aliphatic carbocycles. The van der Waals surface area contributed by atoms with Crippen LogP contribution in [-0.2, 0) is 28.7 Å². The minimum Gasteiger partial charge on any atom is -0.479 e. The highest BCUT2D eigenvalue weighted by Crippen LogP contribution is 2.29. The average Bonchev–Trinajstić information content (AvgIpc) is 2.71. The molecule has 0 aliphatic heterocycles. The zero-order valence-electron chi connectivity index (χ0n) is 17.0. The number of carboxylic acid groups (broad SMARTS) is 1. The summed E-state index contributed by atoms with van der Waals surface area (Å²) in [5.74, 6) is -2.22. The second-order valence-corrected chi connectivity index (χ2v) is 7.76. The smallest absolute Gasteiger partial charge is 0.416 e. The number of benzene rings is 2. The minimum absolute atomic E-state index is 0.0136. The number of amides is 1. The Bertz CT molecular complexity index is 989. The van der Waals surface area contributed by atoms with Crippen molar-refractivity contribution in [3.05, 3.63) is 82.0 Å². The van der Waals surface area contributed by atoms with Gasteiger partial charge in [-0.3, -0.25) is 4.79 Å². The lowest BCUT2D eigenvalue weighted by molar-refractivity contribution is -0.156. The van der Waals surface area contributed by atoms with E-state index in [1.165, 1.54) is 12.1 Å². The Balaban J connectivity index is 2.20. The number of alkyl halides is 3. The number of carbonyl (C=O) groups is 2. The molecule has 0 saturated carbocycles. The van der Waals surface area contributed by atoms with Crippen molar-refractivity contribution < 1.29 is 33.0 Å². The molecule has 1 amide bonds. The van der Waals surface area contributed by atoms with E-state index in [0.29, 0.717) is 16.3 Å². The number of aliphatic hydroxyl groups is 1. The summed E-state index contributed by atoms with van der Waals surface area (Å²) in [5.41, 5.74) is -1.54. The van der Waals surface area contributed by atoms with Gasteiger partial charge in [-0.05, 0) is 36.2 Å². The van der Waals surface area contributed by atoms with E-state index in [-0.39, 0.29) is 13.0 Å². The van der Waals surface area contributed by atoms with Crippen molar-refractivity contribution in [1.29, 1.82) is 0 Å². The summed E-state index contributed by atoms with van der Waals surface area (Å²) in [6.45, 7) is 0.745. The SMILES string of the molecule is CC(O)(CNC(=O)/C=C(/Cc1cccc(C(F)(F)F)c1)NCc1ccc(Cl)cc1)C(=O)O. The van der Waals surface area contributed by atoms with Crippen molar-refractivity contribution in [2.75, 3.05) is 6.54 Å². The van der Waals surface area contributed by atoms with E-state index < -0.39 is 35.8 Å². The van der Waals surface area contributed by atoms with Crippen LogP contribution >= 0.6 is 11.6 Å². The quantitative estimate of drug-likeness (QED) is 0.420.